The minimum Gasteiger partial charge on any atom is -0.361 e. The first-order chi connectivity index (χ1) is 7.45. The van der Waals surface area contributed by atoms with Gasteiger partial charge in [-0.3, -0.25) is 4.79 Å². The number of aryl methyl sites for hydroxylation is 1. The number of rotatable bonds is 5. The topological polar surface area (TPSA) is 81.2 Å². The van der Waals surface area contributed by atoms with Crippen LogP contribution in [0.2, 0.25) is 0 Å². The van der Waals surface area contributed by atoms with Crippen LogP contribution < -0.4 is 11.1 Å². The van der Waals surface area contributed by atoms with Crippen LogP contribution in [0.4, 0.5) is 0 Å². The van der Waals surface area contributed by atoms with E-state index in [0.29, 0.717) is 18.7 Å². The largest absolute Gasteiger partial charge is 0.361 e. The number of carbonyl (C=O) groups excluding carboxylic acids is 1. The second kappa shape index (κ2) is 5.12. The molecule has 0 aliphatic rings. The van der Waals surface area contributed by atoms with Gasteiger partial charge in [0, 0.05) is 6.07 Å². The lowest BCUT2D eigenvalue weighted by Crippen LogP contribution is -2.51. The average molecular weight is 225 g/mol. The first-order valence-corrected chi connectivity index (χ1v) is 5.45. The van der Waals surface area contributed by atoms with Crippen LogP contribution in [0, 0.1) is 6.92 Å². The molecule has 1 amide bonds. The standard InChI is InChI=1S/C11H19N3O2/c1-4-5-11(3,12)10(15)13-7-9-6-8(2)16-14-9/h6H,4-5,7,12H2,1-3H3,(H,13,15). The first kappa shape index (κ1) is 12.7. The van der Waals surface area contributed by atoms with Crippen molar-refractivity contribution in [3.05, 3.63) is 17.5 Å². The number of amides is 1. The summed E-state index contributed by atoms with van der Waals surface area (Å²) in [7, 11) is 0. The fourth-order valence-corrected chi connectivity index (χ4v) is 1.51. The molecule has 90 valence electrons. The van der Waals surface area contributed by atoms with Crippen molar-refractivity contribution >= 4 is 5.91 Å². The summed E-state index contributed by atoms with van der Waals surface area (Å²) < 4.78 is 4.90. The van der Waals surface area contributed by atoms with Gasteiger partial charge in [0.15, 0.2) is 0 Å². The van der Waals surface area contributed by atoms with Crippen molar-refractivity contribution in [1.82, 2.24) is 10.5 Å². The fourth-order valence-electron chi connectivity index (χ4n) is 1.51. The Labute approximate surface area is 95.4 Å². The SMILES string of the molecule is CCCC(C)(N)C(=O)NCc1cc(C)on1. The van der Waals surface area contributed by atoms with Crippen LogP contribution in [0.15, 0.2) is 10.6 Å². The highest BCUT2D eigenvalue weighted by molar-refractivity contribution is 5.85. The van der Waals surface area contributed by atoms with Gasteiger partial charge in [-0.15, -0.1) is 0 Å². The van der Waals surface area contributed by atoms with Crippen LogP contribution in [0.3, 0.4) is 0 Å². The predicted molar refractivity (Wildman–Crippen MR) is 60.6 cm³/mol. The van der Waals surface area contributed by atoms with Crippen LogP contribution in [-0.4, -0.2) is 16.6 Å². The normalized spacial score (nSPS) is 14.5. The van der Waals surface area contributed by atoms with Crippen molar-refractivity contribution in [2.24, 2.45) is 5.73 Å². The lowest BCUT2D eigenvalue weighted by Gasteiger charge is -2.22. The molecule has 5 nitrogen and oxygen atoms in total. The molecule has 1 unspecified atom stereocenters. The minimum absolute atomic E-state index is 0.157. The van der Waals surface area contributed by atoms with Gasteiger partial charge in [0.2, 0.25) is 5.91 Å². The second-order valence-electron chi connectivity index (χ2n) is 4.28. The molecule has 1 heterocycles. The molecular formula is C11H19N3O2. The van der Waals surface area contributed by atoms with Gasteiger partial charge in [-0.05, 0) is 20.3 Å². The van der Waals surface area contributed by atoms with E-state index >= 15 is 0 Å². The maximum atomic E-state index is 11.7. The van der Waals surface area contributed by atoms with Crippen molar-refractivity contribution < 1.29 is 9.32 Å². The van der Waals surface area contributed by atoms with Crippen LogP contribution in [-0.2, 0) is 11.3 Å². The predicted octanol–water partition coefficient (Wildman–Crippen LogP) is 1.12. The van der Waals surface area contributed by atoms with Crippen LogP contribution in [0.5, 0.6) is 0 Å². The Kier molecular flexibility index (Phi) is 4.06. The monoisotopic (exact) mass is 225 g/mol. The first-order valence-electron chi connectivity index (χ1n) is 5.45. The molecule has 0 aliphatic heterocycles. The molecule has 16 heavy (non-hydrogen) atoms. The summed E-state index contributed by atoms with van der Waals surface area (Å²) in [5.41, 5.74) is 5.78. The molecule has 0 bridgehead atoms. The van der Waals surface area contributed by atoms with Crippen molar-refractivity contribution in [1.29, 1.82) is 0 Å². The smallest absolute Gasteiger partial charge is 0.240 e. The summed E-state index contributed by atoms with van der Waals surface area (Å²) in [5, 5.41) is 6.54. The number of nitrogens with one attached hydrogen (secondary N) is 1. The molecule has 0 aromatic carbocycles. The molecule has 1 atom stereocenters. The van der Waals surface area contributed by atoms with Crippen LogP contribution in [0.25, 0.3) is 0 Å². The van der Waals surface area contributed by atoms with Crippen molar-refractivity contribution in [2.75, 3.05) is 0 Å². The van der Waals surface area contributed by atoms with Crippen LogP contribution in [0.1, 0.15) is 38.1 Å². The van der Waals surface area contributed by atoms with Crippen LogP contribution >= 0.6 is 0 Å². The zero-order valence-corrected chi connectivity index (χ0v) is 10.0. The molecule has 1 rings (SSSR count). The lowest BCUT2D eigenvalue weighted by molar-refractivity contribution is -0.126. The molecule has 1 aromatic rings. The lowest BCUT2D eigenvalue weighted by atomic mass is 9.96. The molecular weight excluding hydrogens is 206 g/mol. The summed E-state index contributed by atoms with van der Waals surface area (Å²) in [5.74, 6) is 0.573. The molecule has 0 saturated heterocycles. The fraction of sp³-hybridized carbons (Fsp3) is 0.636. The van der Waals surface area contributed by atoms with E-state index in [2.05, 4.69) is 10.5 Å². The van der Waals surface area contributed by atoms with Gasteiger partial charge < -0.3 is 15.6 Å². The number of nitrogens with two attached hydrogens (primary N) is 1. The summed E-state index contributed by atoms with van der Waals surface area (Å²) in [6.07, 6.45) is 1.54. The summed E-state index contributed by atoms with van der Waals surface area (Å²) in [4.78, 5) is 11.7. The number of hydrogen-bond acceptors (Lipinski definition) is 4. The van der Waals surface area contributed by atoms with E-state index in [1.807, 2.05) is 13.8 Å². The zero-order chi connectivity index (χ0) is 12.2. The Hall–Kier alpha value is -1.36. The zero-order valence-electron chi connectivity index (χ0n) is 10.0. The van der Waals surface area contributed by atoms with Gasteiger partial charge in [-0.25, -0.2) is 0 Å². The molecule has 0 aliphatic carbocycles. The van der Waals surface area contributed by atoms with E-state index in [1.54, 1.807) is 13.0 Å². The van der Waals surface area contributed by atoms with E-state index in [-0.39, 0.29) is 5.91 Å². The highest BCUT2D eigenvalue weighted by atomic mass is 16.5. The van der Waals surface area contributed by atoms with E-state index in [9.17, 15) is 4.79 Å². The van der Waals surface area contributed by atoms with Gasteiger partial charge in [-0.2, -0.15) is 0 Å². The Balaban J connectivity index is 2.46. The molecule has 5 heteroatoms. The second-order valence-corrected chi connectivity index (χ2v) is 4.28. The van der Waals surface area contributed by atoms with Crippen molar-refractivity contribution in [2.45, 2.75) is 45.7 Å². The Morgan fingerprint density at radius 1 is 1.69 bits per heavy atom. The molecule has 0 fully saturated rings. The molecule has 3 N–H and O–H groups in total. The maximum absolute atomic E-state index is 11.7. The van der Waals surface area contributed by atoms with Gasteiger partial charge in [0.25, 0.3) is 0 Å². The maximum Gasteiger partial charge on any atom is 0.240 e. The third-order valence-corrected chi connectivity index (χ3v) is 2.39. The Morgan fingerprint density at radius 3 is 2.88 bits per heavy atom. The van der Waals surface area contributed by atoms with Gasteiger partial charge in [0.1, 0.15) is 11.5 Å². The number of aromatic nitrogens is 1. The molecule has 0 radical (unpaired) electrons. The van der Waals surface area contributed by atoms with E-state index in [4.69, 9.17) is 10.3 Å². The Bertz CT molecular complexity index is 358. The summed E-state index contributed by atoms with van der Waals surface area (Å²) >= 11 is 0. The van der Waals surface area contributed by atoms with Gasteiger partial charge >= 0.3 is 0 Å². The van der Waals surface area contributed by atoms with E-state index < -0.39 is 5.54 Å². The Morgan fingerprint density at radius 2 is 2.38 bits per heavy atom. The van der Waals surface area contributed by atoms with E-state index in [0.717, 1.165) is 12.2 Å². The molecule has 0 saturated carbocycles. The number of carbonyl (C=O) groups is 1. The third-order valence-electron chi connectivity index (χ3n) is 2.39. The van der Waals surface area contributed by atoms with E-state index in [1.165, 1.54) is 0 Å². The van der Waals surface area contributed by atoms with Gasteiger partial charge in [-0.1, -0.05) is 18.5 Å². The quantitative estimate of drug-likeness (QED) is 0.786. The van der Waals surface area contributed by atoms with Gasteiger partial charge in [0.05, 0.1) is 12.1 Å². The van der Waals surface area contributed by atoms with Crippen molar-refractivity contribution in [3.8, 4) is 0 Å². The molecule has 0 spiro atoms. The summed E-state index contributed by atoms with van der Waals surface area (Å²) in [6.45, 7) is 5.90. The average Bonchev–Trinajstić information content (AvgIpc) is 2.60. The highest BCUT2D eigenvalue weighted by Gasteiger charge is 2.26. The molecule has 1 aromatic heterocycles. The minimum atomic E-state index is -0.812. The summed E-state index contributed by atoms with van der Waals surface area (Å²) in [6, 6.07) is 1.79. The van der Waals surface area contributed by atoms with Crippen molar-refractivity contribution in [3.63, 3.8) is 0 Å². The number of nitrogens with zero attached hydrogens (tertiary/aromatic N) is 1. The highest BCUT2D eigenvalue weighted by Crippen LogP contribution is 2.09. The third kappa shape index (κ3) is 3.34. The number of hydrogen-bond donors (Lipinski definition) is 2.